The molecule has 1 atom stereocenters. The Hall–Kier alpha value is -1.40. The zero-order valence-corrected chi connectivity index (χ0v) is 11.5. The van der Waals surface area contributed by atoms with Crippen LogP contribution in [0, 0.1) is 5.82 Å². The third kappa shape index (κ3) is 3.19. The first-order valence-electron chi connectivity index (χ1n) is 5.59. The molecule has 0 aliphatic heterocycles. The van der Waals surface area contributed by atoms with E-state index in [1.165, 1.54) is 24.3 Å². The molecule has 0 fully saturated rings. The van der Waals surface area contributed by atoms with E-state index in [-0.39, 0.29) is 11.1 Å². The highest BCUT2D eigenvalue weighted by molar-refractivity contribution is 9.10. The predicted octanol–water partition coefficient (Wildman–Crippen LogP) is 4.69. The summed E-state index contributed by atoms with van der Waals surface area (Å²) in [5.74, 6) is -0.575. The first kappa shape index (κ1) is 15.0. The summed E-state index contributed by atoms with van der Waals surface area (Å²) in [7, 11) is 0. The number of alkyl halides is 3. The molecular formula is C14H9BrF4O. The second kappa shape index (κ2) is 5.54. The minimum absolute atomic E-state index is 0.0473. The third-order valence-electron chi connectivity index (χ3n) is 2.78. The summed E-state index contributed by atoms with van der Waals surface area (Å²) in [5, 5.41) is 10.1. The lowest BCUT2D eigenvalue weighted by molar-refractivity contribution is -0.137. The van der Waals surface area contributed by atoms with Crippen LogP contribution >= 0.6 is 15.9 Å². The largest absolute Gasteiger partial charge is 0.416 e. The molecule has 20 heavy (non-hydrogen) atoms. The van der Waals surface area contributed by atoms with Gasteiger partial charge in [-0.1, -0.05) is 28.1 Å². The van der Waals surface area contributed by atoms with Gasteiger partial charge < -0.3 is 5.11 Å². The Kier molecular flexibility index (Phi) is 4.15. The van der Waals surface area contributed by atoms with Crippen LogP contribution in [0.15, 0.2) is 46.9 Å². The SMILES string of the molecule is OC(c1cccc(C(F)(F)F)c1)c1cc(F)ccc1Br. The van der Waals surface area contributed by atoms with Gasteiger partial charge in [-0.05, 0) is 35.9 Å². The molecule has 1 N–H and O–H groups in total. The fourth-order valence-corrected chi connectivity index (χ4v) is 2.25. The summed E-state index contributed by atoms with van der Waals surface area (Å²) in [6.45, 7) is 0. The highest BCUT2D eigenvalue weighted by Gasteiger charge is 2.31. The van der Waals surface area contributed by atoms with E-state index in [2.05, 4.69) is 15.9 Å². The lowest BCUT2D eigenvalue weighted by Gasteiger charge is -2.15. The summed E-state index contributed by atoms with van der Waals surface area (Å²) >= 11 is 3.14. The van der Waals surface area contributed by atoms with Crippen LogP contribution in [0.3, 0.4) is 0 Å². The molecule has 0 aliphatic carbocycles. The van der Waals surface area contributed by atoms with Crippen molar-refractivity contribution in [2.24, 2.45) is 0 Å². The van der Waals surface area contributed by atoms with Crippen molar-refractivity contribution in [3.8, 4) is 0 Å². The van der Waals surface area contributed by atoms with E-state index < -0.39 is 23.7 Å². The molecule has 0 heterocycles. The summed E-state index contributed by atoms with van der Waals surface area (Å²) in [5.41, 5.74) is -0.642. The van der Waals surface area contributed by atoms with Crippen LogP contribution in [0.25, 0.3) is 0 Å². The van der Waals surface area contributed by atoms with E-state index in [9.17, 15) is 22.7 Å². The molecule has 0 aromatic heterocycles. The van der Waals surface area contributed by atoms with Gasteiger partial charge in [0.25, 0.3) is 0 Å². The molecule has 6 heteroatoms. The molecule has 1 unspecified atom stereocenters. The van der Waals surface area contributed by atoms with Crippen molar-refractivity contribution in [3.63, 3.8) is 0 Å². The molecule has 0 spiro atoms. The van der Waals surface area contributed by atoms with Gasteiger partial charge in [0, 0.05) is 10.0 Å². The van der Waals surface area contributed by atoms with Crippen molar-refractivity contribution in [2.75, 3.05) is 0 Å². The van der Waals surface area contributed by atoms with Crippen LogP contribution in [0.2, 0.25) is 0 Å². The third-order valence-corrected chi connectivity index (χ3v) is 3.50. The Labute approximate surface area is 121 Å². The number of hydrogen-bond acceptors (Lipinski definition) is 1. The average Bonchev–Trinajstić information content (AvgIpc) is 2.40. The Morgan fingerprint density at radius 1 is 1.05 bits per heavy atom. The number of aliphatic hydroxyl groups is 1. The fourth-order valence-electron chi connectivity index (χ4n) is 1.79. The predicted molar refractivity (Wildman–Crippen MR) is 69.6 cm³/mol. The summed E-state index contributed by atoms with van der Waals surface area (Å²) < 4.78 is 51.5. The first-order valence-corrected chi connectivity index (χ1v) is 6.38. The Balaban J connectivity index is 2.43. The van der Waals surface area contributed by atoms with Gasteiger partial charge in [0.05, 0.1) is 5.56 Å². The Morgan fingerprint density at radius 2 is 1.75 bits per heavy atom. The maximum absolute atomic E-state index is 13.2. The highest BCUT2D eigenvalue weighted by atomic mass is 79.9. The zero-order chi connectivity index (χ0) is 14.9. The van der Waals surface area contributed by atoms with Crippen molar-refractivity contribution in [2.45, 2.75) is 12.3 Å². The molecule has 0 saturated carbocycles. The molecule has 0 amide bonds. The summed E-state index contributed by atoms with van der Waals surface area (Å²) in [4.78, 5) is 0. The van der Waals surface area contributed by atoms with Gasteiger partial charge in [-0.2, -0.15) is 13.2 Å². The van der Waals surface area contributed by atoms with Gasteiger partial charge in [-0.25, -0.2) is 4.39 Å². The summed E-state index contributed by atoms with van der Waals surface area (Å²) in [6, 6.07) is 7.98. The van der Waals surface area contributed by atoms with E-state index in [1.807, 2.05) is 0 Å². The summed E-state index contributed by atoms with van der Waals surface area (Å²) in [6.07, 6.45) is -5.84. The quantitative estimate of drug-likeness (QED) is 0.780. The first-order chi connectivity index (χ1) is 9.29. The number of rotatable bonds is 2. The van der Waals surface area contributed by atoms with Crippen molar-refractivity contribution < 1.29 is 22.7 Å². The number of benzene rings is 2. The molecular weight excluding hydrogens is 340 g/mol. The van der Waals surface area contributed by atoms with E-state index in [1.54, 1.807) is 0 Å². The van der Waals surface area contributed by atoms with Crippen molar-refractivity contribution in [1.29, 1.82) is 0 Å². The number of halogens is 5. The molecule has 0 bridgehead atoms. The van der Waals surface area contributed by atoms with Gasteiger partial charge >= 0.3 is 6.18 Å². The highest BCUT2D eigenvalue weighted by Crippen LogP contribution is 2.34. The van der Waals surface area contributed by atoms with Crippen molar-refractivity contribution in [1.82, 2.24) is 0 Å². The second-order valence-electron chi connectivity index (χ2n) is 4.19. The molecule has 2 aromatic carbocycles. The van der Waals surface area contributed by atoms with Crippen LogP contribution in [0.1, 0.15) is 22.8 Å². The van der Waals surface area contributed by atoms with E-state index in [0.717, 1.165) is 18.2 Å². The van der Waals surface area contributed by atoms with Crippen LogP contribution < -0.4 is 0 Å². The van der Waals surface area contributed by atoms with Crippen LogP contribution in [0.5, 0.6) is 0 Å². The number of aliphatic hydroxyl groups excluding tert-OH is 1. The maximum Gasteiger partial charge on any atom is 0.416 e. The van der Waals surface area contributed by atoms with Crippen LogP contribution in [-0.2, 0) is 6.18 Å². The van der Waals surface area contributed by atoms with E-state index in [4.69, 9.17) is 0 Å². The molecule has 0 radical (unpaired) electrons. The molecule has 0 saturated heterocycles. The van der Waals surface area contributed by atoms with Crippen molar-refractivity contribution in [3.05, 3.63) is 69.4 Å². The van der Waals surface area contributed by atoms with Crippen molar-refractivity contribution >= 4 is 15.9 Å². The normalized spacial score (nSPS) is 13.3. The molecule has 2 aromatic rings. The standard InChI is InChI=1S/C14H9BrF4O/c15-12-5-4-10(16)7-11(12)13(20)8-2-1-3-9(6-8)14(17,18)19/h1-7,13,20H. The lowest BCUT2D eigenvalue weighted by atomic mass is 9.99. The lowest BCUT2D eigenvalue weighted by Crippen LogP contribution is -2.07. The minimum Gasteiger partial charge on any atom is -0.384 e. The van der Waals surface area contributed by atoms with Gasteiger partial charge in [-0.15, -0.1) is 0 Å². The van der Waals surface area contributed by atoms with Crippen LogP contribution in [0.4, 0.5) is 17.6 Å². The topological polar surface area (TPSA) is 20.2 Å². The van der Waals surface area contributed by atoms with Gasteiger partial charge in [0.1, 0.15) is 11.9 Å². The maximum atomic E-state index is 13.2. The van der Waals surface area contributed by atoms with Crippen LogP contribution in [-0.4, -0.2) is 5.11 Å². The molecule has 0 aliphatic rings. The monoisotopic (exact) mass is 348 g/mol. The molecule has 106 valence electrons. The smallest absolute Gasteiger partial charge is 0.384 e. The Morgan fingerprint density at radius 3 is 2.40 bits per heavy atom. The van der Waals surface area contributed by atoms with Gasteiger partial charge in [-0.3, -0.25) is 0 Å². The van der Waals surface area contributed by atoms with Gasteiger partial charge in [0.15, 0.2) is 0 Å². The minimum atomic E-state index is -4.49. The Bertz CT molecular complexity index is 625. The van der Waals surface area contributed by atoms with E-state index >= 15 is 0 Å². The molecule has 1 nitrogen and oxygen atoms in total. The van der Waals surface area contributed by atoms with E-state index in [0.29, 0.717) is 4.47 Å². The average molecular weight is 349 g/mol. The fraction of sp³-hybridized carbons (Fsp3) is 0.143. The number of hydrogen-bond donors (Lipinski definition) is 1. The second-order valence-corrected chi connectivity index (χ2v) is 5.05. The van der Waals surface area contributed by atoms with Gasteiger partial charge in [0.2, 0.25) is 0 Å². The zero-order valence-electron chi connectivity index (χ0n) is 9.96. The molecule has 2 rings (SSSR count).